The Kier molecular flexibility index (Phi) is 4.43. The van der Waals surface area contributed by atoms with Crippen LogP contribution in [-0.2, 0) is 4.74 Å². The molecule has 4 nitrogen and oxygen atoms in total. The van der Waals surface area contributed by atoms with Crippen LogP contribution in [0.5, 0.6) is 0 Å². The zero-order valence-electron chi connectivity index (χ0n) is 10.0. The number of ether oxygens (including phenoxy) is 1. The highest BCUT2D eigenvalue weighted by molar-refractivity contribution is 6.34. The number of halogens is 2. The third-order valence-corrected chi connectivity index (χ3v) is 3.51. The van der Waals surface area contributed by atoms with Crippen molar-refractivity contribution in [1.82, 2.24) is 9.88 Å². The summed E-state index contributed by atoms with van der Waals surface area (Å²) in [5, 5.41) is 0.606. The maximum absolute atomic E-state index is 12.2. The van der Waals surface area contributed by atoms with Crippen LogP contribution in [0.3, 0.4) is 0 Å². The Morgan fingerprint density at radius 3 is 3.06 bits per heavy atom. The second kappa shape index (κ2) is 5.87. The van der Waals surface area contributed by atoms with E-state index in [0.717, 1.165) is 6.42 Å². The lowest BCUT2D eigenvalue weighted by Crippen LogP contribution is -2.30. The van der Waals surface area contributed by atoms with E-state index in [9.17, 15) is 4.79 Å². The Balaban J connectivity index is 2.10. The number of likely N-dealkylation sites (tertiary alicyclic amines) is 1. The normalized spacial score (nSPS) is 19.3. The molecule has 1 aliphatic rings. The number of rotatable bonds is 3. The third-order valence-electron chi connectivity index (χ3n) is 2.99. The smallest absolute Gasteiger partial charge is 0.274 e. The molecule has 0 radical (unpaired) electrons. The second-order valence-electron chi connectivity index (χ2n) is 4.33. The molecule has 1 aromatic rings. The molecule has 18 heavy (non-hydrogen) atoms. The van der Waals surface area contributed by atoms with Crippen molar-refractivity contribution in [3.63, 3.8) is 0 Å². The van der Waals surface area contributed by atoms with Crippen molar-refractivity contribution in [2.45, 2.75) is 6.42 Å². The lowest BCUT2D eigenvalue weighted by Gasteiger charge is -2.16. The van der Waals surface area contributed by atoms with Gasteiger partial charge in [0, 0.05) is 26.1 Å². The second-order valence-corrected chi connectivity index (χ2v) is 5.12. The van der Waals surface area contributed by atoms with Crippen molar-refractivity contribution in [2.75, 3.05) is 26.8 Å². The third kappa shape index (κ3) is 2.94. The summed E-state index contributed by atoms with van der Waals surface area (Å²) in [4.78, 5) is 18.0. The fourth-order valence-corrected chi connectivity index (χ4v) is 2.44. The van der Waals surface area contributed by atoms with Crippen molar-refractivity contribution in [3.05, 3.63) is 28.0 Å². The Morgan fingerprint density at radius 2 is 2.33 bits per heavy atom. The molecule has 6 heteroatoms. The van der Waals surface area contributed by atoms with Crippen LogP contribution in [0.15, 0.2) is 12.1 Å². The maximum atomic E-state index is 12.2. The summed E-state index contributed by atoms with van der Waals surface area (Å²) < 4.78 is 5.10. The van der Waals surface area contributed by atoms with Gasteiger partial charge in [0.15, 0.2) is 0 Å². The number of carbonyl (C=O) groups excluding carboxylic acids is 1. The number of hydrogen-bond donors (Lipinski definition) is 0. The zero-order valence-corrected chi connectivity index (χ0v) is 11.5. The molecule has 1 aromatic heterocycles. The van der Waals surface area contributed by atoms with Gasteiger partial charge in [-0.2, -0.15) is 0 Å². The van der Waals surface area contributed by atoms with E-state index in [4.69, 9.17) is 27.9 Å². The maximum Gasteiger partial charge on any atom is 0.274 e. The summed E-state index contributed by atoms with van der Waals surface area (Å²) in [7, 11) is 1.67. The van der Waals surface area contributed by atoms with E-state index >= 15 is 0 Å². The number of carbonyl (C=O) groups is 1. The first kappa shape index (κ1) is 13.6. The van der Waals surface area contributed by atoms with Crippen LogP contribution in [0.2, 0.25) is 10.2 Å². The topological polar surface area (TPSA) is 42.4 Å². The first-order valence-electron chi connectivity index (χ1n) is 5.72. The Morgan fingerprint density at radius 1 is 1.56 bits per heavy atom. The number of nitrogens with zero attached hydrogens (tertiary/aromatic N) is 2. The molecule has 1 atom stereocenters. The van der Waals surface area contributed by atoms with Crippen LogP contribution in [0, 0.1) is 5.92 Å². The van der Waals surface area contributed by atoms with Gasteiger partial charge in [0.25, 0.3) is 5.91 Å². The first-order valence-corrected chi connectivity index (χ1v) is 6.47. The standard InChI is InChI=1S/C12H14Cl2N2O2/c1-18-7-8-4-5-16(6-8)12(17)11-9(13)2-3-10(14)15-11/h2-3,8H,4-7H2,1H3. The molecule has 1 unspecified atom stereocenters. The number of pyridine rings is 1. The molecular formula is C12H14Cl2N2O2. The molecule has 98 valence electrons. The van der Waals surface area contributed by atoms with Crippen LogP contribution < -0.4 is 0 Å². The van der Waals surface area contributed by atoms with E-state index in [1.165, 1.54) is 0 Å². The van der Waals surface area contributed by atoms with Gasteiger partial charge < -0.3 is 9.64 Å². The van der Waals surface area contributed by atoms with E-state index in [1.807, 2.05) is 0 Å². The van der Waals surface area contributed by atoms with Crippen molar-refractivity contribution in [1.29, 1.82) is 0 Å². The quantitative estimate of drug-likeness (QED) is 0.803. The molecule has 0 N–H and O–H groups in total. The molecule has 1 amide bonds. The Bertz CT molecular complexity index is 454. The summed E-state index contributed by atoms with van der Waals surface area (Å²) in [6, 6.07) is 3.16. The zero-order chi connectivity index (χ0) is 13.1. The Hall–Kier alpha value is -0.840. The minimum absolute atomic E-state index is 0.166. The monoisotopic (exact) mass is 288 g/mol. The SMILES string of the molecule is COCC1CCN(C(=O)c2nc(Cl)ccc2Cl)C1. The molecule has 2 rings (SSSR count). The summed E-state index contributed by atoms with van der Waals surface area (Å²) in [5.74, 6) is 0.220. The van der Waals surface area contributed by atoms with Crippen LogP contribution in [0.25, 0.3) is 0 Å². The van der Waals surface area contributed by atoms with Crippen molar-refractivity contribution in [3.8, 4) is 0 Å². The fourth-order valence-electron chi connectivity index (χ4n) is 2.11. The van der Waals surface area contributed by atoms with Gasteiger partial charge >= 0.3 is 0 Å². The molecule has 0 saturated carbocycles. The van der Waals surface area contributed by atoms with E-state index in [-0.39, 0.29) is 16.8 Å². The lowest BCUT2D eigenvalue weighted by atomic mass is 10.1. The van der Waals surface area contributed by atoms with Crippen molar-refractivity contribution < 1.29 is 9.53 Å². The summed E-state index contributed by atoms with van der Waals surface area (Å²) >= 11 is 11.8. The van der Waals surface area contributed by atoms with Gasteiger partial charge in [-0.05, 0) is 18.6 Å². The molecule has 0 spiro atoms. The molecule has 0 bridgehead atoms. The van der Waals surface area contributed by atoms with Crippen LogP contribution >= 0.6 is 23.2 Å². The van der Waals surface area contributed by atoms with Crippen molar-refractivity contribution in [2.24, 2.45) is 5.92 Å². The van der Waals surface area contributed by atoms with E-state index in [2.05, 4.69) is 4.98 Å². The molecule has 2 heterocycles. The van der Waals surface area contributed by atoms with Gasteiger partial charge in [-0.1, -0.05) is 23.2 Å². The average Bonchev–Trinajstić information content (AvgIpc) is 2.80. The Labute approximate surface area is 116 Å². The molecule has 1 aliphatic heterocycles. The van der Waals surface area contributed by atoms with E-state index in [0.29, 0.717) is 30.6 Å². The fraction of sp³-hybridized carbons (Fsp3) is 0.500. The van der Waals surface area contributed by atoms with Gasteiger partial charge in [-0.25, -0.2) is 4.98 Å². The summed E-state index contributed by atoms with van der Waals surface area (Å²) in [6.07, 6.45) is 0.942. The van der Waals surface area contributed by atoms with E-state index in [1.54, 1.807) is 24.1 Å². The van der Waals surface area contributed by atoms with Gasteiger partial charge in [0.05, 0.1) is 11.6 Å². The predicted molar refractivity (Wildman–Crippen MR) is 70.1 cm³/mol. The molecular weight excluding hydrogens is 275 g/mol. The lowest BCUT2D eigenvalue weighted by molar-refractivity contribution is 0.0770. The minimum atomic E-state index is -0.166. The van der Waals surface area contributed by atoms with Crippen LogP contribution in [0.4, 0.5) is 0 Å². The van der Waals surface area contributed by atoms with Crippen LogP contribution in [-0.4, -0.2) is 42.6 Å². The first-order chi connectivity index (χ1) is 8.61. The molecule has 1 fully saturated rings. The van der Waals surface area contributed by atoms with Gasteiger partial charge in [-0.3, -0.25) is 4.79 Å². The van der Waals surface area contributed by atoms with Crippen molar-refractivity contribution >= 4 is 29.1 Å². The molecule has 1 saturated heterocycles. The predicted octanol–water partition coefficient (Wildman–Crippen LogP) is 2.50. The summed E-state index contributed by atoms with van der Waals surface area (Å²) in [5.41, 5.74) is 0.224. The van der Waals surface area contributed by atoms with Gasteiger partial charge in [0.2, 0.25) is 0 Å². The van der Waals surface area contributed by atoms with Gasteiger partial charge in [-0.15, -0.1) is 0 Å². The highest BCUT2D eigenvalue weighted by Gasteiger charge is 2.28. The number of aromatic nitrogens is 1. The largest absolute Gasteiger partial charge is 0.384 e. The highest BCUT2D eigenvalue weighted by Crippen LogP contribution is 2.22. The highest BCUT2D eigenvalue weighted by atomic mass is 35.5. The minimum Gasteiger partial charge on any atom is -0.384 e. The number of amides is 1. The summed E-state index contributed by atoms with van der Waals surface area (Å²) in [6.45, 7) is 2.05. The van der Waals surface area contributed by atoms with Gasteiger partial charge in [0.1, 0.15) is 10.8 Å². The molecule has 0 aromatic carbocycles. The molecule has 0 aliphatic carbocycles. The number of methoxy groups -OCH3 is 1. The number of hydrogen-bond acceptors (Lipinski definition) is 3. The van der Waals surface area contributed by atoms with Crippen LogP contribution in [0.1, 0.15) is 16.9 Å². The average molecular weight is 289 g/mol. The van der Waals surface area contributed by atoms with E-state index < -0.39 is 0 Å².